The lowest BCUT2D eigenvalue weighted by Gasteiger charge is -2.12. The van der Waals surface area contributed by atoms with Gasteiger partial charge in [-0.05, 0) is 77.7 Å². The van der Waals surface area contributed by atoms with Crippen LogP contribution in [-0.2, 0) is 0 Å². The zero-order chi connectivity index (χ0) is 25.5. The van der Waals surface area contributed by atoms with E-state index < -0.39 is 0 Å². The molecule has 2 aromatic heterocycles. The largest absolute Gasteiger partial charge is 0.456 e. The lowest BCUT2D eigenvalue weighted by Crippen LogP contribution is -1.96. The first kappa shape index (κ1) is 22.2. The monoisotopic (exact) mass is 488 g/mol. The molecule has 0 atom stereocenters. The fourth-order valence-corrected chi connectivity index (χ4v) is 5.08. The fraction of sp³-hybridized carbons (Fsp3) is 0.0286. The molecule has 38 heavy (non-hydrogen) atoms. The van der Waals surface area contributed by atoms with E-state index in [2.05, 4.69) is 84.9 Å². The quantitative estimate of drug-likeness (QED) is 0.248. The number of aromatic nitrogens is 2. The molecule has 0 spiro atoms. The molecule has 3 nitrogen and oxygen atoms in total. The van der Waals surface area contributed by atoms with Crippen LogP contribution >= 0.6 is 0 Å². The summed E-state index contributed by atoms with van der Waals surface area (Å²) in [6.07, 6.45) is 0. The van der Waals surface area contributed by atoms with Gasteiger partial charge in [0.05, 0.1) is 5.69 Å². The van der Waals surface area contributed by atoms with E-state index in [0.717, 1.165) is 66.7 Å². The highest BCUT2D eigenvalue weighted by atomic mass is 16.3. The summed E-state index contributed by atoms with van der Waals surface area (Å²) in [5.41, 5.74) is 10.2. The number of rotatable bonds is 4. The van der Waals surface area contributed by atoms with E-state index in [4.69, 9.17) is 14.4 Å². The molecule has 180 valence electrons. The number of hydrogen-bond donors (Lipinski definition) is 0. The number of fused-ring (bicyclic) bond motifs is 3. The van der Waals surface area contributed by atoms with Crippen molar-refractivity contribution in [1.29, 1.82) is 0 Å². The van der Waals surface area contributed by atoms with E-state index in [1.165, 1.54) is 0 Å². The van der Waals surface area contributed by atoms with E-state index in [0.29, 0.717) is 5.82 Å². The van der Waals surface area contributed by atoms with Crippen molar-refractivity contribution in [3.8, 4) is 44.9 Å². The maximum absolute atomic E-state index is 6.04. The third-order valence-electron chi connectivity index (χ3n) is 6.93. The Labute approximate surface area is 221 Å². The second kappa shape index (κ2) is 9.13. The minimum Gasteiger partial charge on any atom is -0.456 e. The van der Waals surface area contributed by atoms with Crippen molar-refractivity contribution >= 4 is 21.9 Å². The summed E-state index contributed by atoms with van der Waals surface area (Å²) in [7, 11) is 0. The van der Waals surface area contributed by atoms with Gasteiger partial charge in [-0.15, -0.1) is 0 Å². The van der Waals surface area contributed by atoms with Crippen molar-refractivity contribution in [2.24, 2.45) is 0 Å². The zero-order valence-electron chi connectivity index (χ0n) is 20.9. The Morgan fingerprint density at radius 1 is 0.447 bits per heavy atom. The van der Waals surface area contributed by atoms with E-state index in [1.54, 1.807) is 0 Å². The molecule has 0 amide bonds. The van der Waals surface area contributed by atoms with Gasteiger partial charge in [-0.25, -0.2) is 9.97 Å². The van der Waals surface area contributed by atoms with Gasteiger partial charge in [0.25, 0.3) is 0 Å². The molecular formula is C35H24N2O. The Balaban J connectivity index is 1.39. The van der Waals surface area contributed by atoms with Crippen LogP contribution in [0.1, 0.15) is 5.69 Å². The van der Waals surface area contributed by atoms with Crippen LogP contribution in [0, 0.1) is 6.92 Å². The van der Waals surface area contributed by atoms with Crippen LogP contribution in [0.25, 0.3) is 66.8 Å². The van der Waals surface area contributed by atoms with Gasteiger partial charge in [0, 0.05) is 27.6 Å². The molecule has 5 aromatic carbocycles. The number of furan rings is 1. The van der Waals surface area contributed by atoms with Gasteiger partial charge in [0.2, 0.25) is 0 Å². The minimum absolute atomic E-state index is 0.715. The summed E-state index contributed by atoms with van der Waals surface area (Å²) in [6, 6.07) is 44.0. The highest BCUT2D eigenvalue weighted by Gasteiger charge is 2.13. The van der Waals surface area contributed by atoms with Crippen molar-refractivity contribution in [1.82, 2.24) is 9.97 Å². The third-order valence-corrected chi connectivity index (χ3v) is 6.93. The molecule has 0 saturated heterocycles. The molecule has 7 aromatic rings. The van der Waals surface area contributed by atoms with Crippen LogP contribution in [0.5, 0.6) is 0 Å². The lowest BCUT2D eigenvalue weighted by atomic mass is 9.95. The molecule has 0 saturated carbocycles. The summed E-state index contributed by atoms with van der Waals surface area (Å²) in [5.74, 6) is 0.715. The Kier molecular flexibility index (Phi) is 5.33. The van der Waals surface area contributed by atoms with Crippen molar-refractivity contribution < 1.29 is 4.42 Å². The highest BCUT2D eigenvalue weighted by Crippen LogP contribution is 2.34. The Hall–Kier alpha value is -5.02. The molecule has 0 N–H and O–H groups in total. The maximum Gasteiger partial charge on any atom is 0.160 e. The van der Waals surface area contributed by atoms with E-state index in [9.17, 15) is 0 Å². The van der Waals surface area contributed by atoms with Crippen molar-refractivity contribution in [2.45, 2.75) is 6.92 Å². The maximum atomic E-state index is 6.04. The lowest BCUT2D eigenvalue weighted by molar-refractivity contribution is 0.669. The first-order valence-electron chi connectivity index (χ1n) is 12.7. The van der Waals surface area contributed by atoms with Crippen LogP contribution in [0.2, 0.25) is 0 Å². The zero-order valence-corrected chi connectivity index (χ0v) is 20.9. The van der Waals surface area contributed by atoms with Crippen molar-refractivity contribution in [3.63, 3.8) is 0 Å². The van der Waals surface area contributed by atoms with Crippen LogP contribution in [-0.4, -0.2) is 9.97 Å². The average Bonchev–Trinajstić information content (AvgIpc) is 3.35. The SMILES string of the molecule is Cc1cc(-c2ccc3oc4ccccc4c3c2)nc(-c2cc(-c3ccccc3)cc(-c3ccccc3)c2)n1. The van der Waals surface area contributed by atoms with Gasteiger partial charge in [-0.2, -0.15) is 0 Å². The third kappa shape index (κ3) is 4.04. The molecule has 0 radical (unpaired) electrons. The standard InChI is InChI=1S/C35H24N2O/c1-23-18-32(26-16-17-34-31(22-26)30-14-8-9-15-33(30)38-34)37-35(36-23)29-20-27(24-10-4-2-5-11-24)19-28(21-29)25-12-6-3-7-13-25/h2-22H,1H3. The second-order valence-corrected chi connectivity index (χ2v) is 9.56. The molecule has 0 unspecified atom stereocenters. The molecule has 0 bridgehead atoms. The van der Waals surface area contributed by atoms with E-state index in [1.807, 2.05) is 49.4 Å². The van der Waals surface area contributed by atoms with Gasteiger partial charge in [0.1, 0.15) is 11.2 Å². The predicted octanol–water partition coefficient (Wildman–Crippen LogP) is 9.35. The Morgan fingerprint density at radius 2 is 1.05 bits per heavy atom. The summed E-state index contributed by atoms with van der Waals surface area (Å²) >= 11 is 0. The number of para-hydroxylation sites is 1. The normalized spacial score (nSPS) is 11.3. The minimum atomic E-state index is 0.715. The Morgan fingerprint density at radius 3 is 1.76 bits per heavy atom. The van der Waals surface area contributed by atoms with Crippen LogP contribution < -0.4 is 0 Å². The number of nitrogens with zero attached hydrogens (tertiary/aromatic N) is 2. The van der Waals surface area contributed by atoms with Crippen LogP contribution in [0.15, 0.2) is 132 Å². The summed E-state index contributed by atoms with van der Waals surface area (Å²) < 4.78 is 6.04. The second-order valence-electron chi connectivity index (χ2n) is 9.56. The molecule has 0 aliphatic rings. The number of aryl methyl sites for hydroxylation is 1. The first-order valence-corrected chi connectivity index (χ1v) is 12.7. The molecule has 7 rings (SSSR count). The van der Waals surface area contributed by atoms with Crippen LogP contribution in [0.3, 0.4) is 0 Å². The van der Waals surface area contributed by atoms with Gasteiger partial charge >= 0.3 is 0 Å². The van der Waals surface area contributed by atoms with E-state index in [-0.39, 0.29) is 0 Å². The van der Waals surface area contributed by atoms with Crippen molar-refractivity contribution in [3.05, 3.63) is 133 Å². The van der Waals surface area contributed by atoms with Gasteiger partial charge in [-0.3, -0.25) is 0 Å². The first-order chi connectivity index (χ1) is 18.7. The molecule has 2 heterocycles. The average molecular weight is 489 g/mol. The highest BCUT2D eigenvalue weighted by molar-refractivity contribution is 6.06. The Bertz CT molecular complexity index is 1860. The predicted molar refractivity (Wildman–Crippen MR) is 156 cm³/mol. The molecule has 0 aliphatic carbocycles. The van der Waals surface area contributed by atoms with Gasteiger partial charge < -0.3 is 4.42 Å². The van der Waals surface area contributed by atoms with Gasteiger partial charge in [0.15, 0.2) is 5.82 Å². The summed E-state index contributed by atoms with van der Waals surface area (Å²) in [5, 5.41) is 2.20. The molecule has 3 heteroatoms. The van der Waals surface area contributed by atoms with Gasteiger partial charge in [-0.1, -0.05) is 78.9 Å². The smallest absolute Gasteiger partial charge is 0.160 e. The molecule has 0 fully saturated rings. The van der Waals surface area contributed by atoms with Crippen molar-refractivity contribution in [2.75, 3.05) is 0 Å². The topological polar surface area (TPSA) is 38.9 Å². The fourth-order valence-electron chi connectivity index (χ4n) is 5.08. The summed E-state index contributed by atoms with van der Waals surface area (Å²) in [4.78, 5) is 9.94. The molecular weight excluding hydrogens is 464 g/mol. The van der Waals surface area contributed by atoms with E-state index >= 15 is 0 Å². The van der Waals surface area contributed by atoms with Crippen LogP contribution in [0.4, 0.5) is 0 Å². The molecule has 0 aliphatic heterocycles. The number of benzene rings is 5. The summed E-state index contributed by atoms with van der Waals surface area (Å²) in [6.45, 7) is 2.03. The number of hydrogen-bond acceptors (Lipinski definition) is 3.